The minimum absolute atomic E-state index is 0.000566. The fourth-order valence-corrected chi connectivity index (χ4v) is 5.09. The number of hydrogen-bond acceptors (Lipinski definition) is 6. The number of hydrogen-bond donors (Lipinski definition) is 1. The van der Waals surface area contributed by atoms with Crippen molar-refractivity contribution in [2.45, 2.75) is 44.4 Å². The molecule has 10 heteroatoms. The van der Waals surface area contributed by atoms with Crippen molar-refractivity contribution < 1.29 is 27.4 Å². The molecule has 0 amide bonds. The first kappa shape index (κ1) is 22.8. The van der Waals surface area contributed by atoms with E-state index in [0.717, 1.165) is 5.56 Å². The Kier molecular flexibility index (Phi) is 6.64. The summed E-state index contributed by atoms with van der Waals surface area (Å²) in [6.07, 6.45) is 0. The molecule has 0 bridgehead atoms. The molecule has 0 atom stereocenters. The minimum atomic E-state index is -3.93. The number of rotatable bonds is 5. The predicted octanol–water partition coefficient (Wildman–Crippen LogP) is 4.29. The summed E-state index contributed by atoms with van der Waals surface area (Å²) >= 11 is 12.2. The van der Waals surface area contributed by atoms with E-state index in [1.165, 1.54) is 18.2 Å². The summed E-state index contributed by atoms with van der Waals surface area (Å²) in [4.78, 5) is 12.4. The second-order valence-corrected chi connectivity index (χ2v) is 10.2. The van der Waals surface area contributed by atoms with Gasteiger partial charge in [0.2, 0.25) is 10.0 Å². The third kappa shape index (κ3) is 5.44. The van der Waals surface area contributed by atoms with Crippen LogP contribution >= 0.6 is 23.2 Å². The van der Waals surface area contributed by atoms with Gasteiger partial charge in [-0.1, -0.05) is 23.2 Å². The lowest BCUT2D eigenvalue weighted by molar-refractivity contribution is -0.0180. The summed E-state index contributed by atoms with van der Waals surface area (Å²) in [6, 6.07) is 7.30. The molecule has 1 aliphatic rings. The van der Waals surface area contributed by atoms with Crippen LogP contribution in [0.3, 0.4) is 0 Å². The van der Waals surface area contributed by atoms with Gasteiger partial charge in [-0.2, -0.15) is 0 Å². The van der Waals surface area contributed by atoms with E-state index in [2.05, 4.69) is 4.72 Å². The van der Waals surface area contributed by atoms with Gasteiger partial charge in [-0.05, 0) is 51.1 Å². The predicted molar refractivity (Wildman–Crippen MR) is 112 cm³/mol. The number of ether oxygens (including phenoxy) is 3. The second-order valence-electron chi connectivity index (χ2n) is 7.74. The van der Waals surface area contributed by atoms with Crippen molar-refractivity contribution in [3.8, 4) is 5.75 Å². The molecule has 7 nitrogen and oxygen atoms in total. The van der Waals surface area contributed by atoms with Crippen LogP contribution < -0.4 is 9.46 Å². The fourth-order valence-electron chi connectivity index (χ4n) is 2.88. The van der Waals surface area contributed by atoms with E-state index >= 15 is 0 Å². The summed E-state index contributed by atoms with van der Waals surface area (Å²) in [5.41, 5.74) is 0.681. The minimum Gasteiger partial charge on any atom is -0.467 e. The Morgan fingerprint density at radius 2 is 1.93 bits per heavy atom. The highest BCUT2D eigenvalue weighted by Gasteiger charge is 2.26. The number of fused-ring (bicyclic) bond motifs is 1. The zero-order valence-corrected chi connectivity index (χ0v) is 19.0. The van der Waals surface area contributed by atoms with E-state index in [1.54, 1.807) is 32.9 Å². The smallest absolute Gasteiger partial charge is 0.338 e. The number of carbonyl (C=O) groups excluding carboxylic acids is 1. The van der Waals surface area contributed by atoms with Crippen molar-refractivity contribution in [3.05, 3.63) is 57.1 Å². The van der Waals surface area contributed by atoms with Crippen LogP contribution in [0, 0.1) is 0 Å². The number of sulfonamides is 1. The average molecular weight is 474 g/mol. The van der Waals surface area contributed by atoms with Gasteiger partial charge in [0.05, 0.1) is 17.2 Å². The quantitative estimate of drug-likeness (QED) is 0.651. The molecule has 0 aliphatic carbocycles. The number of halogens is 2. The monoisotopic (exact) mass is 473 g/mol. The van der Waals surface area contributed by atoms with Gasteiger partial charge in [-0.3, -0.25) is 0 Å². The van der Waals surface area contributed by atoms with Crippen LogP contribution in [0.25, 0.3) is 0 Å². The Morgan fingerprint density at radius 1 is 1.20 bits per heavy atom. The van der Waals surface area contributed by atoms with E-state index in [9.17, 15) is 13.2 Å². The first-order valence-corrected chi connectivity index (χ1v) is 11.2. The summed E-state index contributed by atoms with van der Waals surface area (Å²) in [7, 11) is -3.93. The Balaban J connectivity index is 1.81. The zero-order chi connectivity index (χ0) is 22.1. The molecule has 0 spiro atoms. The molecule has 0 saturated carbocycles. The van der Waals surface area contributed by atoms with Crippen molar-refractivity contribution in [3.63, 3.8) is 0 Å². The normalized spacial score (nSPS) is 14.0. The Morgan fingerprint density at radius 3 is 2.63 bits per heavy atom. The van der Waals surface area contributed by atoms with Gasteiger partial charge in [0.15, 0.2) is 6.79 Å². The third-order valence-electron chi connectivity index (χ3n) is 4.01. The first-order chi connectivity index (χ1) is 14.0. The van der Waals surface area contributed by atoms with Crippen LogP contribution in [0.4, 0.5) is 0 Å². The standard InChI is InChI=1S/C20H21Cl2NO6S/c1-20(2,3)23-30(25,26)17-8-12(4-5-16(17)22)19(24)28-10-14-7-15(21)6-13-9-27-11-29-18(13)14/h4-8,23H,9-11H2,1-3H3. The highest BCUT2D eigenvalue weighted by Crippen LogP contribution is 2.32. The van der Waals surface area contributed by atoms with Gasteiger partial charge in [0.1, 0.15) is 17.3 Å². The summed E-state index contributed by atoms with van der Waals surface area (Å²) in [6.45, 7) is 5.44. The maximum atomic E-state index is 12.6. The van der Waals surface area contributed by atoms with Crippen molar-refractivity contribution in [2.75, 3.05) is 6.79 Å². The summed E-state index contributed by atoms with van der Waals surface area (Å²) in [5, 5.41) is 0.461. The lowest BCUT2D eigenvalue weighted by Gasteiger charge is -2.21. The second kappa shape index (κ2) is 8.72. The van der Waals surface area contributed by atoms with Gasteiger partial charge >= 0.3 is 5.97 Å². The molecule has 30 heavy (non-hydrogen) atoms. The van der Waals surface area contributed by atoms with Crippen molar-refractivity contribution in [1.82, 2.24) is 4.72 Å². The highest BCUT2D eigenvalue weighted by molar-refractivity contribution is 7.89. The van der Waals surface area contributed by atoms with Crippen LogP contribution in [0.5, 0.6) is 5.75 Å². The highest BCUT2D eigenvalue weighted by atomic mass is 35.5. The van der Waals surface area contributed by atoms with Gasteiger partial charge in [-0.15, -0.1) is 0 Å². The number of nitrogens with one attached hydrogen (secondary N) is 1. The maximum Gasteiger partial charge on any atom is 0.338 e. The van der Waals surface area contributed by atoms with Crippen LogP contribution in [0.15, 0.2) is 35.2 Å². The molecular formula is C20H21Cl2NO6S. The topological polar surface area (TPSA) is 90.9 Å². The van der Waals surface area contributed by atoms with E-state index in [4.69, 9.17) is 37.4 Å². The molecule has 2 aromatic rings. The van der Waals surface area contributed by atoms with Crippen LogP contribution in [0.2, 0.25) is 10.0 Å². The first-order valence-electron chi connectivity index (χ1n) is 8.99. The molecule has 3 rings (SSSR count). The molecule has 0 fully saturated rings. The molecule has 1 heterocycles. The molecule has 1 aliphatic heterocycles. The van der Waals surface area contributed by atoms with Gasteiger partial charge in [0, 0.05) is 21.7 Å². The third-order valence-corrected chi connectivity index (χ3v) is 6.47. The largest absolute Gasteiger partial charge is 0.467 e. The van der Waals surface area contributed by atoms with Crippen LogP contribution in [-0.4, -0.2) is 26.7 Å². The maximum absolute atomic E-state index is 12.6. The van der Waals surface area contributed by atoms with Gasteiger partial charge in [0.25, 0.3) is 0 Å². The molecule has 2 aromatic carbocycles. The zero-order valence-electron chi connectivity index (χ0n) is 16.6. The SMILES string of the molecule is CC(C)(C)NS(=O)(=O)c1cc(C(=O)OCc2cc(Cl)cc3c2OCOC3)ccc1Cl. The molecule has 0 saturated heterocycles. The Labute approximate surface area is 185 Å². The number of carbonyl (C=O) groups is 1. The Bertz CT molecular complexity index is 1080. The average Bonchev–Trinajstić information content (AvgIpc) is 2.64. The van der Waals surface area contributed by atoms with Crippen molar-refractivity contribution >= 4 is 39.2 Å². The fraction of sp³-hybridized carbons (Fsp3) is 0.350. The molecule has 162 valence electrons. The molecule has 0 unspecified atom stereocenters. The lowest BCUT2D eigenvalue weighted by atomic mass is 10.1. The van der Waals surface area contributed by atoms with Gasteiger partial charge < -0.3 is 14.2 Å². The van der Waals surface area contributed by atoms with Crippen LogP contribution in [-0.2, 0) is 32.7 Å². The molecular weight excluding hydrogens is 453 g/mol. The molecule has 1 N–H and O–H groups in total. The van der Waals surface area contributed by atoms with E-state index in [-0.39, 0.29) is 28.9 Å². The Hall–Kier alpha value is -1.84. The molecule has 0 radical (unpaired) electrons. The number of esters is 1. The van der Waals surface area contributed by atoms with E-state index < -0.39 is 21.5 Å². The molecule has 0 aromatic heterocycles. The summed E-state index contributed by atoms with van der Waals surface area (Å²) < 4.78 is 43.9. The van der Waals surface area contributed by atoms with Crippen molar-refractivity contribution in [2.24, 2.45) is 0 Å². The van der Waals surface area contributed by atoms with Crippen LogP contribution in [0.1, 0.15) is 42.3 Å². The van der Waals surface area contributed by atoms with E-state index in [0.29, 0.717) is 22.9 Å². The lowest BCUT2D eigenvalue weighted by Crippen LogP contribution is -2.40. The van der Waals surface area contributed by atoms with Crippen molar-refractivity contribution in [1.29, 1.82) is 0 Å². The van der Waals surface area contributed by atoms with E-state index in [1.807, 2.05) is 0 Å². The number of benzene rings is 2. The summed E-state index contributed by atoms with van der Waals surface area (Å²) in [5.74, 6) is -0.146. The van der Waals surface area contributed by atoms with Gasteiger partial charge in [-0.25, -0.2) is 17.9 Å².